The van der Waals surface area contributed by atoms with E-state index in [-0.39, 0.29) is 17.5 Å². The Morgan fingerprint density at radius 1 is 0.943 bits per heavy atom. The van der Waals surface area contributed by atoms with Crippen LogP contribution < -0.4 is 15.0 Å². The normalized spacial score (nSPS) is 14.8. The van der Waals surface area contributed by atoms with Crippen LogP contribution in [0.2, 0.25) is 0 Å². The summed E-state index contributed by atoms with van der Waals surface area (Å²) in [5.41, 5.74) is 0.673. The van der Waals surface area contributed by atoms with E-state index in [1.54, 1.807) is 54.9 Å². The van der Waals surface area contributed by atoms with Crippen LogP contribution in [0.15, 0.2) is 60.9 Å². The molecule has 9 nitrogen and oxygen atoms in total. The van der Waals surface area contributed by atoms with Crippen LogP contribution in [0.4, 0.5) is 24.7 Å². The molecule has 5 rings (SSSR count). The van der Waals surface area contributed by atoms with E-state index in [2.05, 4.69) is 25.6 Å². The summed E-state index contributed by atoms with van der Waals surface area (Å²) in [5, 5.41) is 13.7. The second-order valence-corrected chi connectivity index (χ2v) is 8.04. The van der Waals surface area contributed by atoms with Crippen molar-refractivity contribution >= 4 is 23.1 Å². The predicted molar refractivity (Wildman–Crippen MR) is 120 cm³/mol. The zero-order valence-electron chi connectivity index (χ0n) is 18.3. The van der Waals surface area contributed by atoms with Gasteiger partial charge in [0.1, 0.15) is 17.3 Å². The summed E-state index contributed by atoms with van der Waals surface area (Å²) in [6, 6.07) is 13.6. The van der Waals surface area contributed by atoms with Gasteiger partial charge >= 0.3 is 6.18 Å². The molecule has 0 unspecified atom stereocenters. The van der Waals surface area contributed by atoms with Crippen molar-refractivity contribution in [1.82, 2.24) is 24.8 Å². The molecule has 35 heavy (non-hydrogen) atoms. The van der Waals surface area contributed by atoms with Crippen LogP contribution in [0.1, 0.15) is 18.7 Å². The largest absolute Gasteiger partial charge is 0.457 e. The molecular weight excluding hydrogens is 463 g/mol. The highest BCUT2D eigenvalue weighted by molar-refractivity contribution is 5.92. The van der Waals surface area contributed by atoms with Crippen LogP contribution in [-0.4, -0.2) is 43.8 Å². The van der Waals surface area contributed by atoms with Crippen LogP contribution in [0.3, 0.4) is 0 Å². The van der Waals surface area contributed by atoms with Crippen molar-refractivity contribution in [2.24, 2.45) is 5.92 Å². The van der Waals surface area contributed by atoms with Crippen molar-refractivity contribution in [2.45, 2.75) is 19.0 Å². The van der Waals surface area contributed by atoms with Crippen LogP contribution >= 0.6 is 0 Å². The molecule has 3 aromatic heterocycles. The summed E-state index contributed by atoms with van der Waals surface area (Å²) in [4.78, 5) is 18.5. The van der Waals surface area contributed by atoms with Crippen molar-refractivity contribution in [1.29, 1.82) is 0 Å². The molecule has 180 valence electrons. The number of ether oxygens (including phenoxy) is 1. The van der Waals surface area contributed by atoms with Crippen molar-refractivity contribution in [3.63, 3.8) is 0 Å². The summed E-state index contributed by atoms with van der Waals surface area (Å²) in [6.07, 6.45) is -0.289. The minimum absolute atomic E-state index is 0.0209. The number of nitrogens with zero attached hydrogens (tertiary/aromatic N) is 6. The van der Waals surface area contributed by atoms with E-state index in [1.807, 2.05) is 4.90 Å². The standard InChI is InChI=1S/C23H20F3N7O2/c24-23(25,26)22-30-29-19-5-6-20(31-33(19)22)32-13-9-15(10-14-32)21(34)28-16-1-3-17(4-2-16)35-18-7-11-27-12-8-18/h1-8,11-12,15H,9-10,13-14H2,(H,28,34). The number of amides is 1. The first kappa shape index (κ1) is 22.6. The number of hydrogen-bond donors (Lipinski definition) is 1. The summed E-state index contributed by atoms with van der Waals surface area (Å²) in [6.45, 7) is 0.970. The lowest BCUT2D eigenvalue weighted by Gasteiger charge is -2.32. The summed E-state index contributed by atoms with van der Waals surface area (Å²) in [5.74, 6) is 0.189. The molecule has 0 bridgehead atoms. The van der Waals surface area contributed by atoms with Crippen molar-refractivity contribution in [3.8, 4) is 11.5 Å². The highest BCUT2D eigenvalue weighted by atomic mass is 19.4. The van der Waals surface area contributed by atoms with E-state index in [4.69, 9.17) is 4.74 Å². The molecule has 0 radical (unpaired) electrons. The van der Waals surface area contributed by atoms with Crippen molar-refractivity contribution in [2.75, 3.05) is 23.3 Å². The number of hydrogen-bond acceptors (Lipinski definition) is 7. The highest BCUT2D eigenvalue weighted by Crippen LogP contribution is 2.29. The average molecular weight is 483 g/mol. The fraction of sp³-hybridized carbons (Fsp3) is 0.261. The highest BCUT2D eigenvalue weighted by Gasteiger charge is 2.38. The van der Waals surface area contributed by atoms with Gasteiger partial charge in [0.15, 0.2) is 5.65 Å². The molecule has 1 amide bonds. The van der Waals surface area contributed by atoms with Gasteiger partial charge in [0, 0.05) is 37.1 Å². The van der Waals surface area contributed by atoms with E-state index in [0.717, 1.165) is 0 Å². The maximum absolute atomic E-state index is 13.1. The van der Waals surface area contributed by atoms with E-state index in [9.17, 15) is 18.0 Å². The number of nitrogens with one attached hydrogen (secondary N) is 1. The molecule has 1 aromatic carbocycles. The number of pyridine rings is 1. The van der Waals surface area contributed by atoms with E-state index < -0.39 is 12.0 Å². The number of benzene rings is 1. The predicted octanol–water partition coefficient (Wildman–Crippen LogP) is 4.19. The summed E-state index contributed by atoms with van der Waals surface area (Å²) >= 11 is 0. The molecule has 1 N–H and O–H groups in total. The number of carbonyl (C=O) groups is 1. The van der Waals surface area contributed by atoms with Crippen LogP contribution in [-0.2, 0) is 11.0 Å². The Morgan fingerprint density at radius 3 is 2.31 bits per heavy atom. The summed E-state index contributed by atoms with van der Waals surface area (Å²) < 4.78 is 45.8. The lowest BCUT2D eigenvalue weighted by atomic mass is 9.96. The molecule has 1 saturated heterocycles. The molecule has 0 aliphatic carbocycles. The van der Waals surface area contributed by atoms with Gasteiger partial charge in [-0.3, -0.25) is 9.78 Å². The molecule has 1 aliphatic rings. The third-order valence-electron chi connectivity index (χ3n) is 5.70. The number of aromatic nitrogens is 5. The Balaban J connectivity index is 1.18. The van der Waals surface area contributed by atoms with Gasteiger partial charge < -0.3 is 15.0 Å². The second-order valence-electron chi connectivity index (χ2n) is 8.04. The van der Waals surface area contributed by atoms with E-state index >= 15 is 0 Å². The van der Waals surface area contributed by atoms with Crippen LogP contribution in [0, 0.1) is 5.92 Å². The van der Waals surface area contributed by atoms with Gasteiger partial charge in [-0.05, 0) is 61.4 Å². The Labute approximate surface area is 197 Å². The Bertz CT molecular complexity index is 1320. The molecule has 4 aromatic rings. The quantitative estimate of drug-likeness (QED) is 0.455. The molecule has 4 heterocycles. The van der Waals surface area contributed by atoms with E-state index in [1.165, 1.54) is 6.07 Å². The van der Waals surface area contributed by atoms with Gasteiger partial charge in [-0.15, -0.1) is 15.3 Å². The first-order valence-corrected chi connectivity index (χ1v) is 10.9. The number of halogens is 3. The smallest absolute Gasteiger partial charge is 0.453 e. The van der Waals surface area contributed by atoms with Gasteiger partial charge in [0.05, 0.1) is 0 Å². The molecule has 1 aliphatic heterocycles. The minimum Gasteiger partial charge on any atom is -0.457 e. The Kier molecular flexibility index (Phi) is 5.93. The lowest BCUT2D eigenvalue weighted by Crippen LogP contribution is -2.38. The second kappa shape index (κ2) is 9.20. The van der Waals surface area contributed by atoms with Gasteiger partial charge in [-0.2, -0.15) is 17.7 Å². The molecule has 0 atom stereocenters. The zero-order chi connectivity index (χ0) is 24.4. The molecule has 12 heteroatoms. The fourth-order valence-corrected chi connectivity index (χ4v) is 3.89. The van der Waals surface area contributed by atoms with Gasteiger partial charge in [-0.25, -0.2) is 0 Å². The van der Waals surface area contributed by atoms with Gasteiger partial charge in [0.25, 0.3) is 5.82 Å². The first-order chi connectivity index (χ1) is 16.9. The van der Waals surface area contributed by atoms with Gasteiger partial charge in [-0.1, -0.05) is 0 Å². The average Bonchev–Trinajstić information content (AvgIpc) is 3.30. The van der Waals surface area contributed by atoms with E-state index in [0.29, 0.717) is 53.5 Å². The number of rotatable bonds is 5. The minimum atomic E-state index is -4.65. The van der Waals surface area contributed by atoms with Crippen molar-refractivity contribution < 1.29 is 22.7 Å². The lowest BCUT2D eigenvalue weighted by molar-refractivity contribution is -0.146. The SMILES string of the molecule is O=C(Nc1ccc(Oc2ccncc2)cc1)C1CCN(c2ccc3nnc(C(F)(F)F)n3n2)CC1. The number of anilines is 2. The third-order valence-corrected chi connectivity index (χ3v) is 5.70. The Hall–Kier alpha value is -4.22. The van der Waals surface area contributed by atoms with Crippen LogP contribution in [0.25, 0.3) is 5.65 Å². The monoisotopic (exact) mass is 483 g/mol. The topological polar surface area (TPSA) is 97.5 Å². The zero-order valence-corrected chi connectivity index (χ0v) is 18.3. The molecule has 0 spiro atoms. The summed E-state index contributed by atoms with van der Waals surface area (Å²) in [7, 11) is 0. The van der Waals surface area contributed by atoms with Gasteiger partial charge in [0.2, 0.25) is 5.91 Å². The van der Waals surface area contributed by atoms with Crippen LogP contribution in [0.5, 0.6) is 11.5 Å². The molecule has 1 fully saturated rings. The Morgan fingerprint density at radius 2 is 1.63 bits per heavy atom. The third kappa shape index (κ3) is 5.00. The molecule has 0 saturated carbocycles. The maximum atomic E-state index is 13.1. The van der Waals surface area contributed by atoms with Crippen molar-refractivity contribution in [3.05, 3.63) is 66.7 Å². The molecular formula is C23H20F3N7O2. The number of carbonyl (C=O) groups excluding carboxylic acids is 1. The number of fused-ring (bicyclic) bond motifs is 1. The fourth-order valence-electron chi connectivity index (χ4n) is 3.89. The number of alkyl halides is 3. The first-order valence-electron chi connectivity index (χ1n) is 10.9. The maximum Gasteiger partial charge on any atom is 0.453 e. The number of piperidine rings is 1.